The van der Waals surface area contributed by atoms with Crippen LogP contribution in [-0.4, -0.2) is 53.7 Å². The van der Waals surface area contributed by atoms with Gasteiger partial charge in [-0.2, -0.15) is 26.3 Å². The molecule has 298 valence electrons. The molecule has 54 heavy (non-hydrogen) atoms. The summed E-state index contributed by atoms with van der Waals surface area (Å²) in [6.45, 7) is 7.04. The minimum absolute atomic E-state index is 0.0112. The van der Waals surface area contributed by atoms with Crippen molar-refractivity contribution in [2.75, 3.05) is 27.2 Å². The van der Waals surface area contributed by atoms with Gasteiger partial charge in [0.15, 0.2) is 5.72 Å². The van der Waals surface area contributed by atoms with E-state index in [4.69, 9.17) is 4.74 Å². The minimum atomic E-state index is -5.60. The van der Waals surface area contributed by atoms with Gasteiger partial charge in [0.25, 0.3) is 5.56 Å². The molecule has 17 heteroatoms. The summed E-state index contributed by atoms with van der Waals surface area (Å²) in [5.41, 5.74) is -12.5. The molecule has 1 heterocycles. The predicted molar refractivity (Wildman–Crippen MR) is 181 cm³/mol. The highest BCUT2D eigenvalue weighted by atomic mass is 19.4. The molecule has 3 rings (SSSR count). The Kier molecular flexibility index (Phi) is 13.8. The summed E-state index contributed by atoms with van der Waals surface area (Å²) in [5.74, 6) is -9.13. The first-order valence-electron chi connectivity index (χ1n) is 16.9. The second-order valence-electron chi connectivity index (χ2n) is 13.8. The van der Waals surface area contributed by atoms with Gasteiger partial charge in [-0.25, -0.2) is 13.2 Å². The summed E-state index contributed by atoms with van der Waals surface area (Å²) >= 11 is 0. The number of pyridine rings is 1. The van der Waals surface area contributed by atoms with Crippen LogP contribution in [-0.2, 0) is 38.8 Å². The number of amides is 1. The first kappa shape index (κ1) is 44.0. The SMILES string of the molecule is CCOC(=O)C[C@@](O)(NC(=O)C(CC(C)C)n1cc(CCCN(C)C)c(C(F)(F)F)cc1=O)c1c(F)c(-c2c(C)cc(C)cc2F)cc(C(F)(F)F)c1F. The van der Waals surface area contributed by atoms with Crippen LogP contribution in [0.4, 0.5) is 39.5 Å². The molecule has 1 unspecified atom stereocenters. The average Bonchev–Trinajstić information content (AvgIpc) is 2.99. The van der Waals surface area contributed by atoms with Crippen molar-refractivity contribution in [3.05, 3.63) is 91.6 Å². The van der Waals surface area contributed by atoms with Gasteiger partial charge in [0, 0.05) is 23.4 Å². The van der Waals surface area contributed by atoms with E-state index in [9.17, 15) is 45.8 Å². The van der Waals surface area contributed by atoms with Crippen molar-refractivity contribution in [2.24, 2.45) is 5.92 Å². The van der Waals surface area contributed by atoms with E-state index in [1.54, 1.807) is 32.8 Å². The van der Waals surface area contributed by atoms with E-state index in [0.29, 0.717) is 16.7 Å². The normalized spacial score (nSPS) is 14.0. The Hall–Kier alpha value is -4.38. The summed E-state index contributed by atoms with van der Waals surface area (Å²) in [5, 5.41) is 13.7. The number of hydrogen-bond acceptors (Lipinski definition) is 6. The number of aromatic nitrogens is 1. The lowest BCUT2D eigenvalue weighted by Gasteiger charge is -2.33. The molecule has 0 bridgehead atoms. The molecule has 2 aromatic carbocycles. The smallest absolute Gasteiger partial charge is 0.419 e. The Labute approximate surface area is 305 Å². The number of halogens is 9. The first-order chi connectivity index (χ1) is 24.8. The predicted octanol–water partition coefficient (Wildman–Crippen LogP) is 7.58. The van der Waals surface area contributed by atoms with Gasteiger partial charge in [-0.15, -0.1) is 0 Å². The number of rotatable bonds is 14. The molecule has 8 nitrogen and oxygen atoms in total. The molecule has 0 radical (unpaired) electrons. The third-order valence-electron chi connectivity index (χ3n) is 8.51. The van der Waals surface area contributed by atoms with Crippen LogP contribution in [0.25, 0.3) is 11.1 Å². The highest BCUT2D eigenvalue weighted by Crippen LogP contribution is 2.43. The molecular weight excluding hydrogens is 737 g/mol. The lowest BCUT2D eigenvalue weighted by molar-refractivity contribution is -0.153. The molecule has 0 saturated heterocycles. The molecule has 1 amide bonds. The largest absolute Gasteiger partial charge is 0.466 e. The second kappa shape index (κ2) is 17.0. The molecular formula is C37H42F9N3O5. The summed E-state index contributed by atoms with van der Waals surface area (Å²) < 4.78 is 139. The number of aryl methyl sites for hydroxylation is 3. The Balaban J connectivity index is 2.37. The second-order valence-corrected chi connectivity index (χ2v) is 13.8. The first-order valence-corrected chi connectivity index (χ1v) is 16.9. The lowest BCUT2D eigenvalue weighted by Crippen LogP contribution is -2.52. The van der Waals surface area contributed by atoms with Crippen LogP contribution in [0.15, 0.2) is 35.3 Å². The molecule has 2 N–H and O–H groups in total. The maximum atomic E-state index is 16.6. The highest BCUT2D eigenvalue weighted by Gasteiger charge is 2.47. The number of carbonyl (C=O) groups is 2. The Morgan fingerprint density at radius 3 is 2.07 bits per heavy atom. The zero-order chi connectivity index (χ0) is 41.1. The van der Waals surface area contributed by atoms with Crippen molar-refractivity contribution in [3.8, 4) is 11.1 Å². The average molecular weight is 780 g/mol. The maximum absolute atomic E-state index is 16.6. The van der Waals surface area contributed by atoms with Gasteiger partial charge in [0.05, 0.1) is 29.7 Å². The number of nitrogens with zero attached hydrogens (tertiary/aromatic N) is 2. The van der Waals surface area contributed by atoms with E-state index in [1.165, 1.54) is 26.8 Å². The molecule has 0 spiro atoms. The minimum Gasteiger partial charge on any atom is -0.466 e. The van der Waals surface area contributed by atoms with Crippen LogP contribution in [0, 0.1) is 37.2 Å². The maximum Gasteiger partial charge on any atom is 0.419 e. The number of alkyl halides is 6. The molecule has 0 fully saturated rings. The fourth-order valence-electron chi connectivity index (χ4n) is 6.23. The number of ether oxygens (including phenoxy) is 1. The number of esters is 1. The molecule has 0 saturated carbocycles. The standard InChI is InChI=1S/C37H42F9N3O5/c1-8-54-29(51)17-35(53,31-32(39)23(15-25(33(31)40)37(44,45)46)30-21(5)13-20(4)14-26(30)38)47-34(52)27(12-19(2)3)49-18-22(10-9-11-48(6)7)24(16-28(49)50)36(41,42)43/h13-16,18-19,27,53H,8-12,17H2,1-7H3,(H,47,52)/t27?,35-/m0/s1. The number of aliphatic hydroxyl groups is 1. The van der Waals surface area contributed by atoms with E-state index >= 15 is 13.2 Å². The number of carbonyl (C=O) groups excluding carboxylic acids is 2. The van der Waals surface area contributed by atoms with E-state index < -0.39 is 99.2 Å². The molecule has 3 aromatic rings. The van der Waals surface area contributed by atoms with Crippen molar-refractivity contribution in [3.63, 3.8) is 0 Å². The quantitative estimate of drug-likeness (QED) is 0.0995. The lowest BCUT2D eigenvalue weighted by atomic mass is 9.88. The third-order valence-corrected chi connectivity index (χ3v) is 8.51. The Bertz CT molecular complexity index is 1900. The molecule has 0 aliphatic carbocycles. The van der Waals surface area contributed by atoms with Gasteiger partial charge in [-0.1, -0.05) is 19.9 Å². The number of benzene rings is 2. The van der Waals surface area contributed by atoms with Gasteiger partial charge in [0.2, 0.25) is 5.91 Å². The van der Waals surface area contributed by atoms with Crippen LogP contribution in [0.2, 0.25) is 0 Å². The summed E-state index contributed by atoms with van der Waals surface area (Å²) in [7, 11) is 3.37. The topological polar surface area (TPSA) is 101 Å². The zero-order valence-electron chi connectivity index (χ0n) is 30.7. The van der Waals surface area contributed by atoms with Crippen LogP contribution < -0.4 is 10.9 Å². The van der Waals surface area contributed by atoms with Gasteiger partial charge in [-0.05, 0) is 95.4 Å². The third kappa shape index (κ3) is 10.2. The number of hydrogen-bond donors (Lipinski definition) is 2. The van der Waals surface area contributed by atoms with Gasteiger partial charge >= 0.3 is 18.3 Å². The van der Waals surface area contributed by atoms with Crippen LogP contribution in [0.5, 0.6) is 0 Å². The molecule has 0 aliphatic heterocycles. The van der Waals surface area contributed by atoms with Gasteiger partial charge in [-0.3, -0.25) is 14.4 Å². The fraction of sp³-hybridized carbons (Fsp3) is 0.486. The van der Waals surface area contributed by atoms with E-state index in [0.717, 1.165) is 12.3 Å². The van der Waals surface area contributed by atoms with Crippen molar-refractivity contribution in [1.82, 2.24) is 14.8 Å². The van der Waals surface area contributed by atoms with Crippen LogP contribution >= 0.6 is 0 Å². The summed E-state index contributed by atoms with van der Waals surface area (Å²) in [6, 6.07) is 0.593. The number of nitrogens with one attached hydrogen (secondary N) is 1. The fourth-order valence-corrected chi connectivity index (χ4v) is 6.23. The van der Waals surface area contributed by atoms with Gasteiger partial charge < -0.3 is 24.6 Å². The monoisotopic (exact) mass is 779 g/mol. The summed E-state index contributed by atoms with van der Waals surface area (Å²) in [4.78, 5) is 41.9. The van der Waals surface area contributed by atoms with E-state index in [2.05, 4.69) is 0 Å². The van der Waals surface area contributed by atoms with Gasteiger partial charge in [0.1, 0.15) is 23.5 Å². The van der Waals surface area contributed by atoms with Crippen molar-refractivity contribution < 1.29 is 58.9 Å². The van der Waals surface area contributed by atoms with Crippen molar-refractivity contribution in [2.45, 2.75) is 84.4 Å². The van der Waals surface area contributed by atoms with Crippen LogP contribution in [0.1, 0.15) is 79.5 Å². The molecule has 0 aliphatic rings. The van der Waals surface area contributed by atoms with Crippen molar-refractivity contribution >= 4 is 11.9 Å². The molecule has 2 atom stereocenters. The van der Waals surface area contributed by atoms with Crippen molar-refractivity contribution in [1.29, 1.82) is 0 Å². The van der Waals surface area contributed by atoms with Crippen LogP contribution in [0.3, 0.4) is 0 Å². The summed E-state index contributed by atoms with van der Waals surface area (Å²) in [6.07, 6.45) is -11.8. The van der Waals surface area contributed by atoms with E-state index in [-0.39, 0.29) is 49.1 Å². The Morgan fingerprint density at radius 1 is 0.944 bits per heavy atom. The Morgan fingerprint density at radius 2 is 1.56 bits per heavy atom. The zero-order valence-corrected chi connectivity index (χ0v) is 30.7. The highest BCUT2D eigenvalue weighted by molar-refractivity contribution is 5.83. The van der Waals surface area contributed by atoms with E-state index in [1.807, 2.05) is 5.32 Å². The molecule has 1 aromatic heterocycles.